The lowest BCUT2D eigenvalue weighted by molar-refractivity contribution is -0.141. The molecular formula is C13H12F3N3O3S. The molecule has 0 unspecified atom stereocenters. The van der Waals surface area contributed by atoms with Crippen LogP contribution in [0.25, 0.3) is 5.69 Å². The Kier molecular flexibility index (Phi) is 4.48. The number of benzene rings is 1. The van der Waals surface area contributed by atoms with Crippen molar-refractivity contribution in [1.82, 2.24) is 9.78 Å². The summed E-state index contributed by atoms with van der Waals surface area (Å²) in [7, 11) is -3.90. The number of sulfonamides is 1. The van der Waals surface area contributed by atoms with E-state index in [1.165, 1.54) is 18.2 Å². The van der Waals surface area contributed by atoms with Crippen molar-refractivity contribution >= 4 is 10.0 Å². The van der Waals surface area contributed by atoms with Gasteiger partial charge in [0.15, 0.2) is 5.69 Å². The van der Waals surface area contributed by atoms with Crippen LogP contribution in [0.1, 0.15) is 5.69 Å². The zero-order chi connectivity index (χ0) is 17.3. The largest absolute Gasteiger partial charge is 0.473 e. The third-order valence-electron chi connectivity index (χ3n) is 2.73. The molecule has 0 saturated carbocycles. The molecule has 0 aliphatic carbocycles. The molecule has 1 aromatic heterocycles. The Morgan fingerprint density at radius 3 is 2.39 bits per heavy atom. The summed E-state index contributed by atoms with van der Waals surface area (Å²) in [5.41, 5.74) is -0.945. The van der Waals surface area contributed by atoms with E-state index >= 15 is 0 Å². The summed E-state index contributed by atoms with van der Waals surface area (Å²) in [5, 5.41) is 8.42. The molecular weight excluding hydrogens is 335 g/mol. The van der Waals surface area contributed by atoms with Crippen LogP contribution < -0.4 is 9.88 Å². The Morgan fingerprint density at radius 1 is 1.30 bits per heavy atom. The highest BCUT2D eigenvalue weighted by Gasteiger charge is 2.35. The highest BCUT2D eigenvalue weighted by atomic mass is 32.2. The topological polar surface area (TPSA) is 87.2 Å². The SMILES string of the molecule is C=CCOc1cc(C(F)(F)F)nn1-c1ccc(S(N)(=O)=O)cc1. The number of nitrogens with two attached hydrogens (primary N) is 1. The second-order valence-electron chi connectivity index (χ2n) is 4.42. The number of halogens is 3. The predicted octanol–water partition coefficient (Wildman–Crippen LogP) is 2.10. The minimum absolute atomic E-state index is 0.0156. The number of nitrogens with zero attached hydrogens (tertiary/aromatic N) is 2. The van der Waals surface area contributed by atoms with Crippen LogP contribution in [0.5, 0.6) is 5.88 Å². The molecule has 0 radical (unpaired) electrons. The highest BCUT2D eigenvalue weighted by molar-refractivity contribution is 7.89. The molecule has 1 heterocycles. The Morgan fingerprint density at radius 2 is 1.91 bits per heavy atom. The van der Waals surface area contributed by atoms with E-state index in [0.29, 0.717) is 0 Å². The van der Waals surface area contributed by atoms with Gasteiger partial charge in [-0.15, -0.1) is 0 Å². The smallest absolute Gasteiger partial charge is 0.435 e. The standard InChI is InChI=1S/C13H12F3N3O3S/c1-2-7-22-12-8-11(13(14,15)16)18-19(12)9-3-5-10(6-4-9)23(17,20)21/h2-6,8H,1,7H2,(H2,17,20,21). The lowest BCUT2D eigenvalue weighted by Crippen LogP contribution is -2.12. The van der Waals surface area contributed by atoms with Crippen LogP contribution in [0.2, 0.25) is 0 Å². The van der Waals surface area contributed by atoms with Crippen LogP contribution in [-0.2, 0) is 16.2 Å². The average molecular weight is 347 g/mol. The number of primary sulfonamides is 1. The monoisotopic (exact) mass is 347 g/mol. The molecule has 10 heteroatoms. The van der Waals surface area contributed by atoms with Gasteiger partial charge in [-0.1, -0.05) is 12.7 Å². The minimum Gasteiger partial charge on any atom is -0.473 e. The van der Waals surface area contributed by atoms with Gasteiger partial charge in [-0.2, -0.15) is 18.3 Å². The maximum absolute atomic E-state index is 12.8. The van der Waals surface area contributed by atoms with Crippen molar-refractivity contribution < 1.29 is 26.3 Å². The lowest BCUT2D eigenvalue weighted by Gasteiger charge is -2.08. The van der Waals surface area contributed by atoms with Crippen molar-refractivity contribution in [3.05, 3.63) is 48.7 Å². The first-order valence-electron chi connectivity index (χ1n) is 6.17. The molecule has 23 heavy (non-hydrogen) atoms. The van der Waals surface area contributed by atoms with Gasteiger partial charge >= 0.3 is 6.18 Å². The van der Waals surface area contributed by atoms with Crippen LogP contribution in [0.3, 0.4) is 0 Å². The van der Waals surface area contributed by atoms with E-state index in [1.807, 2.05) is 0 Å². The second kappa shape index (κ2) is 6.05. The van der Waals surface area contributed by atoms with Crippen molar-refractivity contribution in [1.29, 1.82) is 0 Å². The number of hydrogen-bond acceptors (Lipinski definition) is 4. The van der Waals surface area contributed by atoms with Crippen molar-refractivity contribution in [2.45, 2.75) is 11.1 Å². The van der Waals surface area contributed by atoms with Gasteiger partial charge in [-0.05, 0) is 24.3 Å². The molecule has 0 atom stereocenters. The quantitative estimate of drug-likeness (QED) is 0.839. The first-order valence-corrected chi connectivity index (χ1v) is 7.72. The summed E-state index contributed by atoms with van der Waals surface area (Å²) < 4.78 is 66.8. The summed E-state index contributed by atoms with van der Waals surface area (Å²) in [6.45, 7) is 3.40. The predicted molar refractivity (Wildman–Crippen MR) is 75.6 cm³/mol. The van der Waals surface area contributed by atoms with E-state index in [-0.39, 0.29) is 23.1 Å². The van der Waals surface area contributed by atoms with Gasteiger partial charge in [-0.25, -0.2) is 18.2 Å². The molecule has 6 nitrogen and oxygen atoms in total. The van der Waals surface area contributed by atoms with Crippen molar-refractivity contribution in [3.63, 3.8) is 0 Å². The third kappa shape index (κ3) is 3.90. The minimum atomic E-state index is -4.64. The maximum Gasteiger partial charge on any atom is 0.435 e. The maximum atomic E-state index is 12.8. The fraction of sp³-hybridized carbons (Fsp3) is 0.154. The second-order valence-corrected chi connectivity index (χ2v) is 5.98. The fourth-order valence-corrected chi connectivity index (χ4v) is 2.23. The van der Waals surface area contributed by atoms with Crippen LogP contribution in [0.4, 0.5) is 13.2 Å². The summed E-state index contributed by atoms with van der Waals surface area (Å²) in [6.07, 6.45) is -3.27. The molecule has 1 aromatic carbocycles. The van der Waals surface area contributed by atoms with Crippen LogP contribution in [-0.4, -0.2) is 24.8 Å². The summed E-state index contributed by atoms with van der Waals surface area (Å²) in [5.74, 6) is -0.152. The van der Waals surface area contributed by atoms with Gasteiger partial charge in [-0.3, -0.25) is 0 Å². The zero-order valence-electron chi connectivity index (χ0n) is 11.6. The lowest BCUT2D eigenvalue weighted by atomic mass is 10.3. The summed E-state index contributed by atoms with van der Waals surface area (Å²) >= 11 is 0. The van der Waals surface area contributed by atoms with Crippen LogP contribution >= 0.6 is 0 Å². The number of alkyl halides is 3. The van der Waals surface area contributed by atoms with Gasteiger partial charge < -0.3 is 4.74 Å². The number of rotatable bonds is 5. The Hall–Kier alpha value is -2.33. The molecule has 124 valence electrons. The van der Waals surface area contributed by atoms with Gasteiger partial charge in [0.25, 0.3) is 0 Å². The first kappa shape index (κ1) is 17.0. The Balaban J connectivity index is 2.48. The van der Waals surface area contributed by atoms with E-state index in [4.69, 9.17) is 9.88 Å². The zero-order valence-corrected chi connectivity index (χ0v) is 12.4. The van der Waals surface area contributed by atoms with Crippen molar-refractivity contribution in [2.75, 3.05) is 6.61 Å². The van der Waals surface area contributed by atoms with Gasteiger partial charge in [0, 0.05) is 6.07 Å². The first-order chi connectivity index (χ1) is 10.6. The fourth-order valence-electron chi connectivity index (χ4n) is 1.71. The molecule has 0 aliphatic rings. The number of aromatic nitrogens is 2. The molecule has 2 N–H and O–H groups in total. The molecule has 2 aromatic rings. The Labute approximate surface area is 130 Å². The highest BCUT2D eigenvalue weighted by Crippen LogP contribution is 2.32. The molecule has 0 fully saturated rings. The molecule has 0 saturated heterocycles. The van der Waals surface area contributed by atoms with E-state index in [0.717, 1.165) is 22.9 Å². The molecule has 0 amide bonds. The van der Waals surface area contributed by atoms with Crippen molar-refractivity contribution in [2.24, 2.45) is 5.14 Å². The van der Waals surface area contributed by atoms with Gasteiger partial charge in [0.1, 0.15) is 6.61 Å². The average Bonchev–Trinajstić information content (AvgIpc) is 2.88. The van der Waals surface area contributed by atoms with Crippen molar-refractivity contribution in [3.8, 4) is 11.6 Å². The molecule has 0 spiro atoms. The van der Waals surface area contributed by atoms with E-state index < -0.39 is 21.9 Å². The molecule has 0 bridgehead atoms. The summed E-state index contributed by atoms with van der Waals surface area (Å²) in [4.78, 5) is -0.169. The van der Waals surface area contributed by atoms with E-state index in [2.05, 4.69) is 11.7 Å². The van der Waals surface area contributed by atoms with E-state index in [9.17, 15) is 21.6 Å². The van der Waals surface area contributed by atoms with Crippen LogP contribution in [0, 0.1) is 0 Å². The molecule has 0 aliphatic heterocycles. The summed E-state index contributed by atoms with van der Waals surface area (Å²) in [6, 6.07) is 5.62. The van der Waals surface area contributed by atoms with Crippen LogP contribution in [0.15, 0.2) is 47.9 Å². The van der Waals surface area contributed by atoms with Gasteiger partial charge in [0.2, 0.25) is 15.9 Å². The normalized spacial score (nSPS) is 12.2. The van der Waals surface area contributed by atoms with E-state index in [1.54, 1.807) is 0 Å². The third-order valence-corrected chi connectivity index (χ3v) is 3.66. The number of hydrogen-bond donors (Lipinski definition) is 1. The Bertz CT molecular complexity index is 811. The van der Waals surface area contributed by atoms with Gasteiger partial charge in [0.05, 0.1) is 10.6 Å². The molecule has 2 rings (SSSR count). The number of ether oxygens (including phenoxy) is 1.